The number of benzene rings is 2. The van der Waals surface area contributed by atoms with Gasteiger partial charge in [-0.15, -0.1) is 0 Å². The minimum atomic E-state index is -0.148. The molecule has 0 atom stereocenters. The lowest BCUT2D eigenvalue weighted by Gasteiger charge is -2.08. The summed E-state index contributed by atoms with van der Waals surface area (Å²) >= 11 is 0. The Morgan fingerprint density at radius 2 is 1.76 bits per heavy atom. The summed E-state index contributed by atoms with van der Waals surface area (Å²) in [6.45, 7) is 10.5. The van der Waals surface area contributed by atoms with Gasteiger partial charge in [0.2, 0.25) is 0 Å². The van der Waals surface area contributed by atoms with Crippen LogP contribution in [0, 0.1) is 5.92 Å². The fourth-order valence-corrected chi connectivity index (χ4v) is 2.29. The Kier molecular flexibility index (Phi) is 6.58. The van der Waals surface area contributed by atoms with Gasteiger partial charge in [-0.1, -0.05) is 63.7 Å². The quantitative estimate of drug-likeness (QED) is 0.572. The first kappa shape index (κ1) is 18.5. The van der Waals surface area contributed by atoms with E-state index in [1.807, 2.05) is 54.6 Å². The number of nitrogens with zero attached hydrogens (tertiary/aromatic N) is 1. The summed E-state index contributed by atoms with van der Waals surface area (Å²) in [5, 5.41) is 0.920. The average Bonchev–Trinajstić information content (AvgIpc) is 3.04. The first-order valence-corrected chi connectivity index (χ1v) is 8.46. The molecule has 0 aliphatic rings. The van der Waals surface area contributed by atoms with Gasteiger partial charge in [0.15, 0.2) is 0 Å². The van der Waals surface area contributed by atoms with Gasteiger partial charge < -0.3 is 4.74 Å². The van der Waals surface area contributed by atoms with E-state index in [2.05, 4.69) is 27.4 Å². The lowest BCUT2D eigenvalue weighted by atomic mass is 10.2. The molecule has 2 aromatic carbocycles. The van der Waals surface area contributed by atoms with Gasteiger partial charge in [-0.2, -0.15) is 0 Å². The smallest absolute Gasteiger partial charge is 0.254 e. The number of aromatic nitrogens is 1. The SMILES string of the molecule is C=CC(=O)n1ccc2c(OCc3ccccc3)cccc21.CC(C)C. The maximum absolute atomic E-state index is 11.8. The fourth-order valence-electron chi connectivity index (χ4n) is 2.29. The third-order valence-corrected chi connectivity index (χ3v) is 3.34. The molecule has 1 aromatic heterocycles. The summed E-state index contributed by atoms with van der Waals surface area (Å²) in [7, 11) is 0. The molecular formula is C22H25NO2. The maximum atomic E-state index is 11.8. The molecule has 3 heteroatoms. The van der Waals surface area contributed by atoms with Crippen LogP contribution in [0.25, 0.3) is 10.9 Å². The third kappa shape index (κ3) is 5.08. The van der Waals surface area contributed by atoms with Gasteiger partial charge in [0.05, 0.1) is 5.52 Å². The Morgan fingerprint density at radius 3 is 2.40 bits per heavy atom. The van der Waals surface area contributed by atoms with E-state index >= 15 is 0 Å². The van der Waals surface area contributed by atoms with Crippen molar-refractivity contribution < 1.29 is 9.53 Å². The van der Waals surface area contributed by atoms with Crippen LogP contribution in [-0.4, -0.2) is 10.5 Å². The molecule has 0 bridgehead atoms. The second-order valence-corrected chi connectivity index (χ2v) is 6.42. The first-order chi connectivity index (χ1) is 12.0. The van der Waals surface area contributed by atoms with Crippen molar-refractivity contribution in [3.63, 3.8) is 0 Å². The highest BCUT2D eigenvalue weighted by molar-refractivity contribution is 5.99. The predicted octanol–water partition coefficient (Wildman–Crippen LogP) is 5.71. The summed E-state index contributed by atoms with van der Waals surface area (Å²) in [6, 6.07) is 17.6. The minimum Gasteiger partial charge on any atom is -0.488 e. The van der Waals surface area contributed by atoms with Crippen LogP contribution in [0.5, 0.6) is 5.75 Å². The van der Waals surface area contributed by atoms with Crippen LogP contribution in [0.2, 0.25) is 0 Å². The predicted molar refractivity (Wildman–Crippen MR) is 104 cm³/mol. The lowest BCUT2D eigenvalue weighted by Crippen LogP contribution is -2.04. The number of carbonyl (C=O) groups excluding carboxylic acids is 1. The molecule has 0 amide bonds. The highest BCUT2D eigenvalue weighted by atomic mass is 16.5. The van der Waals surface area contributed by atoms with Crippen LogP contribution in [0.1, 0.15) is 31.1 Å². The topological polar surface area (TPSA) is 31.2 Å². The molecule has 0 aliphatic carbocycles. The fraction of sp³-hybridized carbons (Fsp3) is 0.227. The van der Waals surface area contributed by atoms with Gasteiger partial charge in [0.25, 0.3) is 5.91 Å². The summed E-state index contributed by atoms with van der Waals surface area (Å²) in [6.07, 6.45) is 3.04. The third-order valence-electron chi connectivity index (χ3n) is 3.34. The van der Waals surface area contributed by atoms with Crippen molar-refractivity contribution >= 4 is 16.8 Å². The number of rotatable bonds is 4. The molecule has 0 radical (unpaired) electrons. The molecule has 3 aromatic rings. The van der Waals surface area contributed by atoms with Crippen molar-refractivity contribution in [1.29, 1.82) is 0 Å². The Bertz CT molecular complexity index is 829. The number of hydrogen-bond acceptors (Lipinski definition) is 2. The zero-order valence-corrected chi connectivity index (χ0v) is 15.1. The van der Waals surface area contributed by atoms with Crippen molar-refractivity contribution in [3.8, 4) is 5.75 Å². The van der Waals surface area contributed by atoms with E-state index in [1.165, 1.54) is 6.08 Å². The number of fused-ring (bicyclic) bond motifs is 1. The Hall–Kier alpha value is -2.81. The zero-order valence-electron chi connectivity index (χ0n) is 15.1. The van der Waals surface area contributed by atoms with Crippen LogP contribution in [0.4, 0.5) is 0 Å². The molecule has 0 saturated heterocycles. The molecule has 25 heavy (non-hydrogen) atoms. The largest absolute Gasteiger partial charge is 0.488 e. The van der Waals surface area contributed by atoms with Crippen LogP contribution in [-0.2, 0) is 6.61 Å². The lowest BCUT2D eigenvalue weighted by molar-refractivity contribution is 0.0974. The van der Waals surface area contributed by atoms with E-state index in [-0.39, 0.29) is 5.91 Å². The first-order valence-electron chi connectivity index (χ1n) is 8.46. The second kappa shape index (κ2) is 8.88. The normalized spacial score (nSPS) is 10.2. The monoisotopic (exact) mass is 335 g/mol. The summed E-state index contributed by atoms with van der Waals surface area (Å²) in [4.78, 5) is 11.8. The maximum Gasteiger partial charge on any atom is 0.254 e. The molecular weight excluding hydrogens is 310 g/mol. The average molecular weight is 335 g/mol. The van der Waals surface area contributed by atoms with Crippen molar-refractivity contribution in [2.45, 2.75) is 27.4 Å². The zero-order chi connectivity index (χ0) is 18.2. The Morgan fingerprint density at radius 1 is 1.08 bits per heavy atom. The van der Waals surface area contributed by atoms with E-state index in [4.69, 9.17) is 4.74 Å². The van der Waals surface area contributed by atoms with Gasteiger partial charge in [-0.25, -0.2) is 0 Å². The van der Waals surface area contributed by atoms with Crippen molar-refractivity contribution in [2.75, 3.05) is 0 Å². The highest BCUT2D eigenvalue weighted by Crippen LogP contribution is 2.27. The molecule has 1 heterocycles. The van der Waals surface area contributed by atoms with Gasteiger partial charge in [0.1, 0.15) is 12.4 Å². The van der Waals surface area contributed by atoms with Gasteiger partial charge in [-0.05, 0) is 35.8 Å². The van der Waals surface area contributed by atoms with E-state index in [0.717, 1.165) is 28.1 Å². The summed E-state index contributed by atoms with van der Waals surface area (Å²) in [5.74, 6) is 1.46. The number of carbonyl (C=O) groups is 1. The standard InChI is InChI=1S/C18H15NO2.C4H10/c1-2-18(20)19-12-11-15-16(19)9-6-10-17(15)21-13-14-7-4-3-5-8-14;1-4(2)3/h2-12H,1,13H2;4H,1-3H3. The van der Waals surface area contributed by atoms with E-state index in [0.29, 0.717) is 6.61 Å². The van der Waals surface area contributed by atoms with Gasteiger partial charge >= 0.3 is 0 Å². The molecule has 3 nitrogen and oxygen atoms in total. The van der Waals surface area contributed by atoms with Gasteiger partial charge in [0, 0.05) is 11.6 Å². The van der Waals surface area contributed by atoms with Crippen LogP contribution < -0.4 is 4.74 Å². The number of hydrogen-bond donors (Lipinski definition) is 0. The molecule has 3 rings (SSSR count). The Balaban J connectivity index is 0.000000511. The van der Waals surface area contributed by atoms with Gasteiger partial charge in [-0.3, -0.25) is 9.36 Å². The van der Waals surface area contributed by atoms with Crippen LogP contribution in [0.3, 0.4) is 0 Å². The molecule has 0 saturated carbocycles. The van der Waals surface area contributed by atoms with Crippen LogP contribution >= 0.6 is 0 Å². The second-order valence-electron chi connectivity index (χ2n) is 6.42. The van der Waals surface area contributed by atoms with Crippen molar-refractivity contribution in [3.05, 3.63) is 79.0 Å². The number of ether oxygens (including phenoxy) is 1. The minimum absolute atomic E-state index is 0.148. The molecule has 0 aliphatic heterocycles. The highest BCUT2D eigenvalue weighted by Gasteiger charge is 2.09. The molecule has 0 spiro atoms. The van der Waals surface area contributed by atoms with E-state index < -0.39 is 0 Å². The molecule has 0 N–H and O–H groups in total. The summed E-state index contributed by atoms with van der Waals surface area (Å²) < 4.78 is 7.45. The Labute approximate surface area is 149 Å². The molecule has 0 fully saturated rings. The van der Waals surface area contributed by atoms with Crippen molar-refractivity contribution in [2.24, 2.45) is 5.92 Å². The summed E-state index contributed by atoms with van der Waals surface area (Å²) in [5.41, 5.74) is 1.93. The van der Waals surface area contributed by atoms with Crippen molar-refractivity contribution in [1.82, 2.24) is 4.57 Å². The van der Waals surface area contributed by atoms with E-state index in [1.54, 1.807) is 10.8 Å². The molecule has 130 valence electrons. The molecule has 0 unspecified atom stereocenters. The number of allylic oxidation sites excluding steroid dienone is 1. The van der Waals surface area contributed by atoms with Crippen LogP contribution in [0.15, 0.2) is 73.4 Å². The van der Waals surface area contributed by atoms with E-state index in [9.17, 15) is 4.79 Å².